The van der Waals surface area contributed by atoms with E-state index in [1.54, 1.807) is 0 Å². The van der Waals surface area contributed by atoms with Gasteiger partial charge in [-0.3, -0.25) is 0 Å². The van der Waals surface area contributed by atoms with Crippen molar-refractivity contribution in [3.8, 4) is 0 Å². The number of likely N-dealkylation sites (N-methyl/N-ethyl adjacent to an activating group) is 1. The van der Waals surface area contributed by atoms with E-state index >= 15 is 0 Å². The third-order valence-corrected chi connectivity index (χ3v) is 5.10. The minimum atomic E-state index is -0.103. The molecule has 1 aliphatic heterocycles. The van der Waals surface area contributed by atoms with Gasteiger partial charge in [0.1, 0.15) is 0 Å². The molecule has 0 aromatic carbocycles. The molecular weight excluding hydrogens is 236 g/mol. The number of rotatable bonds is 7. The van der Waals surface area contributed by atoms with E-state index in [9.17, 15) is 5.11 Å². The lowest BCUT2D eigenvalue weighted by Gasteiger charge is -2.41. The fourth-order valence-electron chi connectivity index (χ4n) is 3.24. The van der Waals surface area contributed by atoms with Crippen molar-refractivity contribution in [1.82, 2.24) is 10.2 Å². The molecule has 2 N–H and O–H groups in total. The lowest BCUT2D eigenvalue weighted by Crippen LogP contribution is -2.46. The summed E-state index contributed by atoms with van der Waals surface area (Å²) in [5, 5.41) is 12.6. The second-order valence-electron chi connectivity index (χ2n) is 6.98. The molecule has 0 aromatic heterocycles. The van der Waals surface area contributed by atoms with Crippen LogP contribution in [0.15, 0.2) is 0 Å². The topological polar surface area (TPSA) is 35.5 Å². The number of nitrogens with one attached hydrogen (secondary N) is 1. The SMILES string of the molecule is CNC(C)(CO)CCCCN1CC(C)CC(C)C1C. The van der Waals surface area contributed by atoms with Gasteiger partial charge in [0.25, 0.3) is 0 Å². The molecule has 1 heterocycles. The van der Waals surface area contributed by atoms with Gasteiger partial charge in [-0.1, -0.05) is 20.3 Å². The van der Waals surface area contributed by atoms with Gasteiger partial charge < -0.3 is 15.3 Å². The molecule has 1 saturated heterocycles. The number of aliphatic hydroxyl groups is 1. The first-order valence-corrected chi connectivity index (χ1v) is 7.95. The number of unbranched alkanes of at least 4 members (excludes halogenated alkanes) is 1. The zero-order chi connectivity index (χ0) is 14.5. The first-order chi connectivity index (χ1) is 8.91. The van der Waals surface area contributed by atoms with Crippen molar-refractivity contribution in [2.45, 2.75) is 65.0 Å². The second kappa shape index (κ2) is 7.61. The van der Waals surface area contributed by atoms with Crippen LogP contribution in [0.4, 0.5) is 0 Å². The van der Waals surface area contributed by atoms with Crippen LogP contribution in [0.5, 0.6) is 0 Å². The maximum absolute atomic E-state index is 9.37. The summed E-state index contributed by atoms with van der Waals surface area (Å²) in [6.07, 6.45) is 4.85. The molecule has 0 bridgehead atoms. The maximum atomic E-state index is 9.37. The van der Waals surface area contributed by atoms with Crippen molar-refractivity contribution < 1.29 is 5.11 Å². The van der Waals surface area contributed by atoms with Crippen LogP contribution in [0, 0.1) is 11.8 Å². The molecule has 1 fully saturated rings. The van der Waals surface area contributed by atoms with Crippen molar-refractivity contribution in [1.29, 1.82) is 0 Å². The van der Waals surface area contributed by atoms with Crippen LogP contribution in [0.3, 0.4) is 0 Å². The molecule has 3 nitrogen and oxygen atoms in total. The summed E-state index contributed by atoms with van der Waals surface area (Å²) < 4.78 is 0. The molecule has 0 spiro atoms. The summed E-state index contributed by atoms with van der Waals surface area (Å²) in [6.45, 7) is 11.9. The quantitative estimate of drug-likeness (QED) is 0.698. The number of piperidine rings is 1. The predicted molar refractivity (Wildman–Crippen MR) is 82.4 cm³/mol. The van der Waals surface area contributed by atoms with E-state index in [1.807, 2.05) is 7.05 Å². The smallest absolute Gasteiger partial charge is 0.0610 e. The fraction of sp³-hybridized carbons (Fsp3) is 1.00. The van der Waals surface area contributed by atoms with E-state index in [-0.39, 0.29) is 12.1 Å². The van der Waals surface area contributed by atoms with Crippen molar-refractivity contribution >= 4 is 0 Å². The van der Waals surface area contributed by atoms with Gasteiger partial charge in [0, 0.05) is 18.1 Å². The van der Waals surface area contributed by atoms with Crippen LogP contribution in [0.1, 0.15) is 53.4 Å². The Kier molecular flexibility index (Phi) is 6.78. The molecular formula is C16H34N2O. The third-order valence-electron chi connectivity index (χ3n) is 5.10. The molecule has 4 atom stereocenters. The third kappa shape index (κ3) is 5.05. The Hall–Kier alpha value is -0.120. The van der Waals surface area contributed by atoms with Crippen LogP contribution in [0.2, 0.25) is 0 Å². The second-order valence-corrected chi connectivity index (χ2v) is 6.98. The van der Waals surface area contributed by atoms with E-state index in [2.05, 4.69) is 37.9 Å². The molecule has 4 unspecified atom stereocenters. The van der Waals surface area contributed by atoms with Gasteiger partial charge in [0.2, 0.25) is 0 Å². The fourth-order valence-corrected chi connectivity index (χ4v) is 3.24. The van der Waals surface area contributed by atoms with Crippen LogP contribution < -0.4 is 5.32 Å². The number of aliphatic hydroxyl groups excluding tert-OH is 1. The van der Waals surface area contributed by atoms with Gasteiger partial charge >= 0.3 is 0 Å². The molecule has 0 aromatic rings. The van der Waals surface area contributed by atoms with E-state index in [0.717, 1.165) is 24.3 Å². The zero-order valence-electron chi connectivity index (χ0n) is 13.6. The number of nitrogens with zero attached hydrogens (tertiary/aromatic N) is 1. The Balaban J connectivity index is 2.28. The monoisotopic (exact) mass is 270 g/mol. The Bertz CT molecular complexity index is 253. The Labute approximate surface area is 119 Å². The average Bonchev–Trinajstić information content (AvgIpc) is 2.39. The molecule has 114 valence electrons. The minimum absolute atomic E-state index is 0.103. The average molecular weight is 270 g/mol. The molecule has 0 aliphatic carbocycles. The Morgan fingerprint density at radius 1 is 1.26 bits per heavy atom. The Morgan fingerprint density at radius 2 is 1.95 bits per heavy atom. The molecule has 0 amide bonds. The molecule has 3 heteroatoms. The zero-order valence-corrected chi connectivity index (χ0v) is 13.6. The van der Waals surface area contributed by atoms with Crippen molar-refractivity contribution in [2.24, 2.45) is 11.8 Å². The molecule has 0 saturated carbocycles. The van der Waals surface area contributed by atoms with Crippen LogP contribution >= 0.6 is 0 Å². The lowest BCUT2D eigenvalue weighted by molar-refractivity contribution is 0.0767. The number of hydrogen-bond donors (Lipinski definition) is 2. The lowest BCUT2D eigenvalue weighted by atomic mass is 9.86. The molecule has 0 radical (unpaired) electrons. The van der Waals surface area contributed by atoms with Crippen LogP contribution in [-0.4, -0.2) is 48.3 Å². The molecule has 19 heavy (non-hydrogen) atoms. The molecule has 1 rings (SSSR count). The number of hydrogen-bond acceptors (Lipinski definition) is 3. The maximum Gasteiger partial charge on any atom is 0.0610 e. The summed E-state index contributed by atoms with van der Waals surface area (Å²) in [6, 6.07) is 0.727. The van der Waals surface area contributed by atoms with Crippen molar-refractivity contribution in [2.75, 3.05) is 26.7 Å². The minimum Gasteiger partial charge on any atom is -0.394 e. The summed E-state index contributed by atoms with van der Waals surface area (Å²) in [5.74, 6) is 1.66. The standard InChI is InChI=1S/C16H34N2O/c1-13-10-14(2)15(3)18(11-13)9-7-6-8-16(4,12-19)17-5/h13-15,17,19H,6-12H2,1-5H3. The van der Waals surface area contributed by atoms with E-state index in [1.165, 1.54) is 32.4 Å². The highest BCUT2D eigenvalue weighted by Crippen LogP contribution is 2.27. The molecule has 1 aliphatic rings. The van der Waals surface area contributed by atoms with Gasteiger partial charge in [-0.15, -0.1) is 0 Å². The van der Waals surface area contributed by atoms with Crippen molar-refractivity contribution in [3.63, 3.8) is 0 Å². The summed E-state index contributed by atoms with van der Waals surface area (Å²) in [4.78, 5) is 2.66. The van der Waals surface area contributed by atoms with E-state index in [4.69, 9.17) is 0 Å². The Morgan fingerprint density at radius 3 is 2.53 bits per heavy atom. The van der Waals surface area contributed by atoms with Crippen molar-refractivity contribution in [3.05, 3.63) is 0 Å². The van der Waals surface area contributed by atoms with Gasteiger partial charge in [0.05, 0.1) is 6.61 Å². The number of likely N-dealkylation sites (tertiary alicyclic amines) is 1. The highest BCUT2D eigenvalue weighted by atomic mass is 16.3. The summed E-state index contributed by atoms with van der Waals surface area (Å²) in [7, 11) is 1.94. The van der Waals surface area contributed by atoms with E-state index < -0.39 is 0 Å². The highest BCUT2D eigenvalue weighted by Gasteiger charge is 2.28. The normalized spacial score (nSPS) is 32.2. The summed E-state index contributed by atoms with van der Waals surface area (Å²) >= 11 is 0. The van der Waals surface area contributed by atoms with E-state index in [0.29, 0.717) is 0 Å². The largest absolute Gasteiger partial charge is 0.394 e. The predicted octanol–water partition coefficient (Wildman–Crippen LogP) is 2.49. The van der Waals surface area contributed by atoms with Crippen LogP contribution in [-0.2, 0) is 0 Å². The first kappa shape index (κ1) is 16.9. The summed E-state index contributed by atoms with van der Waals surface area (Å²) in [5.41, 5.74) is -0.103. The highest BCUT2D eigenvalue weighted by molar-refractivity contribution is 4.83. The van der Waals surface area contributed by atoms with Gasteiger partial charge in [-0.25, -0.2) is 0 Å². The van der Waals surface area contributed by atoms with Crippen LogP contribution in [0.25, 0.3) is 0 Å². The van der Waals surface area contributed by atoms with Gasteiger partial charge in [0.15, 0.2) is 0 Å². The van der Waals surface area contributed by atoms with Gasteiger partial charge in [-0.2, -0.15) is 0 Å². The first-order valence-electron chi connectivity index (χ1n) is 7.95. The van der Waals surface area contributed by atoms with Gasteiger partial charge in [-0.05, 0) is 58.5 Å².